The maximum absolute atomic E-state index is 10.9. The topological polar surface area (TPSA) is 35.5 Å². The van der Waals surface area contributed by atoms with E-state index in [0.29, 0.717) is 6.61 Å². The van der Waals surface area contributed by atoms with Crippen LogP contribution < -0.4 is 0 Å². The molecule has 0 amide bonds. The van der Waals surface area contributed by atoms with Gasteiger partial charge >= 0.3 is 0 Å². The first-order chi connectivity index (χ1) is 5.24. The molecule has 1 aliphatic heterocycles. The van der Waals surface area contributed by atoms with Crippen molar-refractivity contribution in [1.82, 2.24) is 0 Å². The summed E-state index contributed by atoms with van der Waals surface area (Å²) in [5.74, 6) is 0.000882. The number of carbonyl (C=O) groups is 1. The van der Waals surface area contributed by atoms with Crippen LogP contribution in [0.1, 0.15) is 13.8 Å². The van der Waals surface area contributed by atoms with Crippen molar-refractivity contribution in [1.29, 1.82) is 0 Å². The predicted octanol–water partition coefficient (Wildman–Crippen LogP) is 0.893. The molecule has 0 saturated heterocycles. The van der Waals surface area contributed by atoms with Crippen molar-refractivity contribution in [3.05, 3.63) is 12.2 Å². The van der Waals surface area contributed by atoms with Crippen molar-refractivity contribution < 1.29 is 14.3 Å². The molecule has 0 N–H and O–H groups in total. The van der Waals surface area contributed by atoms with Crippen molar-refractivity contribution >= 4 is 5.78 Å². The number of carbonyl (C=O) groups excluding carboxylic acids is 1. The molecule has 62 valence electrons. The molecule has 1 aliphatic rings. The zero-order valence-corrected chi connectivity index (χ0v) is 6.74. The molecule has 3 nitrogen and oxygen atoms in total. The van der Waals surface area contributed by atoms with Gasteiger partial charge in [-0.2, -0.15) is 0 Å². The van der Waals surface area contributed by atoms with E-state index in [0.717, 1.165) is 0 Å². The molecule has 11 heavy (non-hydrogen) atoms. The molecule has 1 heterocycles. The fourth-order valence-electron chi connectivity index (χ4n) is 0.882. The molecular weight excluding hydrogens is 144 g/mol. The van der Waals surface area contributed by atoms with Crippen LogP contribution in [-0.4, -0.2) is 24.8 Å². The van der Waals surface area contributed by atoms with Crippen LogP contribution in [0.4, 0.5) is 0 Å². The van der Waals surface area contributed by atoms with Crippen LogP contribution in [-0.2, 0) is 14.3 Å². The van der Waals surface area contributed by atoms with Crippen LogP contribution in [0.3, 0.4) is 0 Å². The van der Waals surface area contributed by atoms with Gasteiger partial charge in [-0.25, -0.2) is 0 Å². The van der Waals surface area contributed by atoms with Crippen molar-refractivity contribution in [3.63, 3.8) is 0 Å². The predicted molar refractivity (Wildman–Crippen MR) is 40.1 cm³/mol. The Kier molecular flexibility index (Phi) is 2.79. The standard InChI is InChI=1S/C8H12O3/c1-3-10-8-5-4-7(9)6(2)11-8/h4-6,8H,3H2,1-2H3/t6-,8-/m0/s1. The fourth-order valence-corrected chi connectivity index (χ4v) is 0.882. The van der Waals surface area contributed by atoms with E-state index in [9.17, 15) is 4.79 Å². The molecule has 0 aromatic rings. The highest BCUT2D eigenvalue weighted by Crippen LogP contribution is 2.09. The summed E-state index contributed by atoms with van der Waals surface area (Å²) in [7, 11) is 0. The minimum absolute atomic E-state index is 0.000882. The highest BCUT2D eigenvalue weighted by molar-refractivity contribution is 5.93. The number of hydrogen-bond acceptors (Lipinski definition) is 3. The van der Waals surface area contributed by atoms with Gasteiger partial charge in [0.2, 0.25) is 0 Å². The Balaban J connectivity index is 2.49. The van der Waals surface area contributed by atoms with E-state index in [1.807, 2.05) is 6.92 Å². The lowest BCUT2D eigenvalue weighted by atomic mass is 10.2. The van der Waals surface area contributed by atoms with E-state index in [4.69, 9.17) is 9.47 Å². The molecule has 0 bridgehead atoms. The average molecular weight is 156 g/mol. The van der Waals surface area contributed by atoms with Crippen molar-refractivity contribution in [2.45, 2.75) is 26.2 Å². The van der Waals surface area contributed by atoms with E-state index in [2.05, 4.69) is 0 Å². The minimum atomic E-state index is -0.364. The van der Waals surface area contributed by atoms with Crippen LogP contribution in [0.5, 0.6) is 0 Å². The van der Waals surface area contributed by atoms with Gasteiger partial charge in [-0.15, -0.1) is 0 Å². The molecule has 0 unspecified atom stereocenters. The summed E-state index contributed by atoms with van der Waals surface area (Å²) in [6.45, 7) is 4.20. The first kappa shape index (κ1) is 8.43. The van der Waals surface area contributed by atoms with Crippen LogP contribution in [0.15, 0.2) is 12.2 Å². The Morgan fingerprint density at radius 1 is 1.73 bits per heavy atom. The average Bonchev–Trinajstić information content (AvgIpc) is 1.98. The lowest BCUT2D eigenvalue weighted by Crippen LogP contribution is -2.30. The van der Waals surface area contributed by atoms with E-state index < -0.39 is 0 Å². The monoisotopic (exact) mass is 156 g/mol. The van der Waals surface area contributed by atoms with Crippen LogP contribution in [0.25, 0.3) is 0 Å². The Morgan fingerprint density at radius 2 is 2.45 bits per heavy atom. The quantitative estimate of drug-likeness (QED) is 0.595. The van der Waals surface area contributed by atoms with Crippen LogP contribution in [0, 0.1) is 0 Å². The van der Waals surface area contributed by atoms with E-state index in [-0.39, 0.29) is 18.2 Å². The van der Waals surface area contributed by atoms with E-state index in [1.165, 1.54) is 6.08 Å². The van der Waals surface area contributed by atoms with Gasteiger partial charge in [0, 0.05) is 6.61 Å². The zero-order valence-electron chi connectivity index (χ0n) is 6.74. The van der Waals surface area contributed by atoms with E-state index in [1.54, 1.807) is 13.0 Å². The molecule has 0 aliphatic carbocycles. The fraction of sp³-hybridized carbons (Fsp3) is 0.625. The Hall–Kier alpha value is -0.670. The third kappa shape index (κ3) is 2.13. The summed E-state index contributed by atoms with van der Waals surface area (Å²) in [5, 5.41) is 0. The molecule has 0 saturated carbocycles. The number of rotatable bonds is 2. The molecule has 1 rings (SSSR count). The molecule has 0 aromatic carbocycles. The third-order valence-corrected chi connectivity index (χ3v) is 1.49. The van der Waals surface area contributed by atoms with Gasteiger partial charge in [-0.1, -0.05) is 0 Å². The second-order valence-electron chi connectivity index (χ2n) is 2.36. The lowest BCUT2D eigenvalue weighted by Gasteiger charge is -2.21. The highest BCUT2D eigenvalue weighted by atomic mass is 16.7. The number of ketones is 1. The SMILES string of the molecule is CCO[C@@H]1C=CC(=O)[C@H](C)O1. The summed E-state index contributed by atoms with van der Waals surface area (Å²) in [6.07, 6.45) is 2.43. The Labute approximate surface area is 66.0 Å². The molecule has 3 heteroatoms. The number of ether oxygens (including phenoxy) is 2. The van der Waals surface area contributed by atoms with Crippen molar-refractivity contribution in [3.8, 4) is 0 Å². The highest BCUT2D eigenvalue weighted by Gasteiger charge is 2.20. The first-order valence-corrected chi connectivity index (χ1v) is 3.73. The maximum Gasteiger partial charge on any atom is 0.184 e. The maximum atomic E-state index is 10.9. The van der Waals surface area contributed by atoms with Gasteiger partial charge < -0.3 is 9.47 Å². The first-order valence-electron chi connectivity index (χ1n) is 3.73. The molecule has 0 aromatic heterocycles. The summed E-state index contributed by atoms with van der Waals surface area (Å²) >= 11 is 0. The lowest BCUT2D eigenvalue weighted by molar-refractivity contribution is -0.158. The zero-order chi connectivity index (χ0) is 8.27. The Bertz CT molecular complexity index is 174. The molecule has 0 radical (unpaired) electrons. The second kappa shape index (κ2) is 3.64. The largest absolute Gasteiger partial charge is 0.349 e. The minimum Gasteiger partial charge on any atom is -0.349 e. The molecule has 2 atom stereocenters. The molecule has 0 fully saturated rings. The second-order valence-corrected chi connectivity index (χ2v) is 2.36. The summed E-state index contributed by atoms with van der Waals surface area (Å²) in [4.78, 5) is 10.9. The van der Waals surface area contributed by atoms with Gasteiger partial charge in [0.1, 0.15) is 6.10 Å². The van der Waals surface area contributed by atoms with Gasteiger partial charge in [0.15, 0.2) is 12.1 Å². The Morgan fingerprint density at radius 3 is 3.00 bits per heavy atom. The van der Waals surface area contributed by atoms with E-state index >= 15 is 0 Å². The molecular formula is C8H12O3. The third-order valence-electron chi connectivity index (χ3n) is 1.49. The summed E-state index contributed by atoms with van der Waals surface area (Å²) in [5.41, 5.74) is 0. The van der Waals surface area contributed by atoms with Gasteiger partial charge in [0.05, 0.1) is 0 Å². The normalized spacial score (nSPS) is 30.9. The van der Waals surface area contributed by atoms with Crippen LogP contribution >= 0.6 is 0 Å². The van der Waals surface area contributed by atoms with Crippen molar-refractivity contribution in [2.75, 3.05) is 6.61 Å². The van der Waals surface area contributed by atoms with Crippen molar-refractivity contribution in [2.24, 2.45) is 0 Å². The van der Waals surface area contributed by atoms with Gasteiger partial charge in [0.25, 0.3) is 0 Å². The number of hydrogen-bond donors (Lipinski definition) is 0. The smallest absolute Gasteiger partial charge is 0.184 e. The van der Waals surface area contributed by atoms with Gasteiger partial charge in [-0.3, -0.25) is 4.79 Å². The summed E-state index contributed by atoms with van der Waals surface area (Å²) in [6, 6.07) is 0. The van der Waals surface area contributed by atoms with Gasteiger partial charge in [-0.05, 0) is 26.0 Å². The molecule has 0 spiro atoms. The van der Waals surface area contributed by atoms with Crippen LogP contribution in [0.2, 0.25) is 0 Å². The summed E-state index contributed by atoms with van der Waals surface area (Å²) < 4.78 is 10.3.